The number of nitrogens with one attached hydrogen (secondary N) is 2. The van der Waals surface area contributed by atoms with E-state index >= 15 is 0 Å². The Labute approximate surface area is 186 Å². The van der Waals surface area contributed by atoms with Crippen LogP contribution in [0.15, 0.2) is 52.7 Å². The molecule has 0 bridgehead atoms. The molecule has 1 amide bonds. The van der Waals surface area contributed by atoms with Gasteiger partial charge in [-0.3, -0.25) is 9.52 Å². The van der Waals surface area contributed by atoms with Gasteiger partial charge in [0, 0.05) is 11.4 Å². The summed E-state index contributed by atoms with van der Waals surface area (Å²) < 4.78 is 32.1. The molecule has 0 fully saturated rings. The topological polar surface area (TPSA) is 135 Å². The summed E-state index contributed by atoms with van der Waals surface area (Å²) in [7, 11) is -2.48. The molecular weight excluding hydrogens is 466 g/mol. The summed E-state index contributed by atoms with van der Waals surface area (Å²) in [5.74, 6) is -1.65. The fourth-order valence-electron chi connectivity index (χ4n) is 2.55. The van der Waals surface area contributed by atoms with Gasteiger partial charge in [-0.1, -0.05) is 29.8 Å². The molecule has 3 N–H and O–H groups in total. The number of hydrogen-bond acceptors (Lipinski definition) is 7. The number of nitrogens with zero attached hydrogens (tertiary/aromatic N) is 1. The van der Waals surface area contributed by atoms with Crippen LogP contribution in [0.4, 0.5) is 10.8 Å². The molecule has 9 nitrogen and oxygen atoms in total. The molecule has 0 radical (unpaired) electrons. The predicted octanol–water partition coefficient (Wildman–Crippen LogP) is 3.49. The molecule has 0 aliphatic heterocycles. The number of aromatic nitrogens is 1. The molecular formula is C19H16ClN3O6S2. The number of thiazole rings is 1. The molecule has 0 saturated carbocycles. The summed E-state index contributed by atoms with van der Waals surface area (Å²) in [4.78, 5) is 27.8. The highest BCUT2D eigenvalue weighted by molar-refractivity contribution is 7.93. The van der Waals surface area contributed by atoms with Gasteiger partial charge in [0.1, 0.15) is 11.3 Å². The fourth-order valence-corrected chi connectivity index (χ4v) is 4.75. The minimum Gasteiger partial charge on any atom is -0.496 e. The summed E-state index contributed by atoms with van der Waals surface area (Å²) in [6, 6.07) is 10.3. The highest BCUT2D eigenvalue weighted by Gasteiger charge is 2.18. The van der Waals surface area contributed by atoms with Crippen LogP contribution in [0.1, 0.15) is 16.1 Å². The van der Waals surface area contributed by atoms with Gasteiger partial charge in [-0.25, -0.2) is 18.2 Å². The standard InChI is InChI=1S/C19H16ClN3O6S2/c1-29-16-9-15(14(20)8-13(16)18(25)26)22-17(24)7-11-10-30-19(21-11)23-31(27,28)12-5-3-2-4-6-12/h2-6,8-10H,7H2,1H3,(H,21,23)(H,22,24)(H,25,26). The van der Waals surface area contributed by atoms with E-state index in [0.717, 1.165) is 11.3 Å². The van der Waals surface area contributed by atoms with Crippen LogP contribution < -0.4 is 14.8 Å². The molecule has 3 rings (SSSR count). The fraction of sp³-hybridized carbons (Fsp3) is 0.105. The van der Waals surface area contributed by atoms with Crippen LogP contribution in [0.3, 0.4) is 0 Å². The number of hydrogen-bond donors (Lipinski definition) is 3. The second kappa shape index (κ2) is 9.33. The number of sulfonamides is 1. The van der Waals surface area contributed by atoms with E-state index < -0.39 is 21.9 Å². The Kier molecular flexibility index (Phi) is 6.78. The van der Waals surface area contributed by atoms with Crippen LogP contribution in [0.2, 0.25) is 5.02 Å². The van der Waals surface area contributed by atoms with Gasteiger partial charge in [0.05, 0.1) is 34.8 Å². The number of rotatable bonds is 8. The molecule has 12 heteroatoms. The van der Waals surface area contributed by atoms with Gasteiger partial charge in [-0.15, -0.1) is 11.3 Å². The van der Waals surface area contributed by atoms with Crippen LogP contribution in [0, 0.1) is 0 Å². The maximum atomic E-state index is 12.4. The first-order valence-corrected chi connectivity index (χ1v) is 11.4. The molecule has 0 aliphatic carbocycles. The first-order valence-electron chi connectivity index (χ1n) is 8.62. The number of benzene rings is 2. The average molecular weight is 482 g/mol. The molecule has 162 valence electrons. The number of carbonyl (C=O) groups excluding carboxylic acids is 1. The van der Waals surface area contributed by atoms with Crippen molar-refractivity contribution < 1.29 is 27.9 Å². The van der Waals surface area contributed by atoms with Gasteiger partial charge in [-0.05, 0) is 18.2 Å². The van der Waals surface area contributed by atoms with Crippen molar-refractivity contribution in [3.63, 3.8) is 0 Å². The van der Waals surface area contributed by atoms with Crippen molar-refractivity contribution in [2.45, 2.75) is 11.3 Å². The van der Waals surface area contributed by atoms with Gasteiger partial charge >= 0.3 is 5.97 Å². The lowest BCUT2D eigenvalue weighted by atomic mass is 10.1. The number of ether oxygens (including phenoxy) is 1. The van der Waals surface area contributed by atoms with Gasteiger partial charge < -0.3 is 15.2 Å². The van der Waals surface area contributed by atoms with Gasteiger partial charge in [0.25, 0.3) is 10.0 Å². The summed E-state index contributed by atoms with van der Waals surface area (Å²) in [6.07, 6.45) is -0.150. The maximum absolute atomic E-state index is 12.4. The van der Waals surface area contributed by atoms with Crippen molar-refractivity contribution in [3.8, 4) is 5.75 Å². The van der Waals surface area contributed by atoms with Crippen LogP contribution in [0.5, 0.6) is 5.75 Å². The van der Waals surface area contributed by atoms with Gasteiger partial charge in [-0.2, -0.15) is 0 Å². The molecule has 0 saturated heterocycles. The van der Waals surface area contributed by atoms with Crippen molar-refractivity contribution in [3.05, 3.63) is 64.1 Å². The molecule has 3 aromatic rings. The second-order valence-corrected chi connectivity index (χ2v) is 9.07. The quantitative estimate of drug-likeness (QED) is 0.448. The minimum absolute atomic E-state index is 0.0288. The molecule has 1 aromatic heterocycles. The number of carbonyl (C=O) groups is 2. The van der Waals surface area contributed by atoms with Crippen LogP contribution in [0.25, 0.3) is 0 Å². The maximum Gasteiger partial charge on any atom is 0.339 e. The number of aromatic carboxylic acids is 1. The lowest BCUT2D eigenvalue weighted by molar-refractivity contribution is -0.115. The second-order valence-electron chi connectivity index (χ2n) is 6.12. The van der Waals surface area contributed by atoms with E-state index in [0.29, 0.717) is 5.69 Å². The first kappa shape index (κ1) is 22.5. The van der Waals surface area contributed by atoms with E-state index in [4.69, 9.17) is 21.4 Å². The first-order chi connectivity index (χ1) is 14.7. The zero-order valence-electron chi connectivity index (χ0n) is 16.0. The minimum atomic E-state index is -3.78. The van der Waals surface area contributed by atoms with E-state index in [1.165, 1.54) is 31.4 Å². The summed E-state index contributed by atoms with van der Waals surface area (Å²) in [5, 5.41) is 13.4. The molecule has 0 aliphatic rings. The predicted molar refractivity (Wildman–Crippen MR) is 117 cm³/mol. The van der Waals surface area contributed by atoms with E-state index in [9.17, 15) is 18.0 Å². The van der Waals surface area contributed by atoms with E-state index in [1.54, 1.807) is 23.6 Å². The van der Waals surface area contributed by atoms with Crippen LogP contribution in [-0.2, 0) is 21.2 Å². The Morgan fingerprint density at radius 1 is 1.23 bits per heavy atom. The SMILES string of the molecule is COc1cc(NC(=O)Cc2csc(NS(=O)(=O)c3ccccc3)n2)c(Cl)cc1C(=O)O. The lowest BCUT2D eigenvalue weighted by Crippen LogP contribution is -2.16. The Hall–Kier alpha value is -3.15. The normalized spacial score (nSPS) is 11.0. The van der Waals surface area contributed by atoms with Gasteiger partial charge in [0.15, 0.2) is 5.13 Å². The molecule has 0 unspecified atom stereocenters. The van der Waals surface area contributed by atoms with Crippen LogP contribution in [-0.4, -0.2) is 37.5 Å². The highest BCUT2D eigenvalue weighted by Crippen LogP contribution is 2.31. The van der Waals surface area contributed by atoms with E-state index in [2.05, 4.69) is 15.0 Å². The lowest BCUT2D eigenvalue weighted by Gasteiger charge is -2.11. The zero-order chi connectivity index (χ0) is 22.6. The Morgan fingerprint density at radius 3 is 2.58 bits per heavy atom. The van der Waals surface area contributed by atoms with Crippen LogP contribution >= 0.6 is 22.9 Å². The number of amides is 1. The molecule has 0 atom stereocenters. The molecule has 0 spiro atoms. The van der Waals surface area contributed by atoms with Crippen molar-refractivity contribution in [2.24, 2.45) is 0 Å². The largest absolute Gasteiger partial charge is 0.496 e. The smallest absolute Gasteiger partial charge is 0.339 e. The third-order valence-corrected chi connectivity index (χ3v) is 6.57. The third-order valence-electron chi connectivity index (χ3n) is 3.96. The molecule has 31 heavy (non-hydrogen) atoms. The van der Waals surface area contributed by atoms with Crippen molar-refractivity contribution in [1.29, 1.82) is 0 Å². The van der Waals surface area contributed by atoms with Crippen molar-refractivity contribution in [2.75, 3.05) is 17.1 Å². The van der Waals surface area contributed by atoms with Crippen molar-refractivity contribution >= 4 is 55.7 Å². The average Bonchev–Trinajstić information content (AvgIpc) is 3.15. The Morgan fingerprint density at radius 2 is 1.94 bits per heavy atom. The number of anilines is 2. The van der Waals surface area contributed by atoms with Crippen molar-refractivity contribution in [1.82, 2.24) is 4.98 Å². The zero-order valence-corrected chi connectivity index (χ0v) is 18.3. The number of carboxylic acids is 1. The molecule has 2 aromatic carbocycles. The summed E-state index contributed by atoms with van der Waals surface area (Å²) in [5.41, 5.74) is 0.382. The Bertz CT molecular complexity index is 1230. The summed E-state index contributed by atoms with van der Waals surface area (Å²) in [6.45, 7) is 0. The summed E-state index contributed by atoms with van der Waals surface area (Å²) >= 11 is 7.10. The van der Waals surface area contributed by atoms with E-state index in [1.807, 2.05) is 0 Å². The Balaban J connectivity index is 1.69. The number of halogens is 1. The number of carboxylic acid groups (broad SMARTS) is 1. The van der Waals surface area contributed by atoms with Gasteiger partial charge in [0.2, 0.25) is 5.91 Å². The third kappa shape index (κ3) is 5.51. The van der Waals surface area contributed by atoms with E-state index in [-0.39, 0.29) is 38.5 Å². The highest BCUT2D eigenvalue weighted by atomic mass is 35.5. The monoisotopic (exact) mass is 481 g/mol. The number of methoxy groups -OCH3 is 1. The molecule has 1 heterocycles.